The van der Waals surface area contributed by atoms with Gasteiger partial charge in [0.1, 0.15) is 12.4 Å². The first-order valence-electron chi connectivity index (χ1n) is 17.4. The Hall–Kier alpha value is -4.73. The van der Waals surface area contributed by atoms with Gasteiger partial charge in [0.2, 0.25) is 0 Å². The van der Waals surface area contributed by atoms with E-state index in [1.807, 2.05) is 12.1 Å². The fourth-order valence-corrected chi connectivity index (χ4v) is 5.86. The van der Waals surface area contributed by atoms with Crippen LogP contribution in [0.5, 0.6) is 5.75 Å². The molecule has 2 atom stereocenters. The maximum atomic E-state index is 13.7. The number of para-hydroxylation sites is 2. The second kappa shape index (κ2) is 19.5. The van der Waals surface area contributed by atoms with E-state index in [-0.39, 0.29) is 18.0 Å². The molecule has 0 saturated carbocycles. The van der Waals surface area contributed by atoms with Gasteiger partial charge in [-0.3, -0.25) is 9.59 Å². The van der Waals surface area contributed by atoms with Crippen molar-refractivity contribution in [1.82, 2.24) is 4.90 Å². The number of rotatable bonds is 20. The Balaban J connectivity index is 1.31. The Morgan fingerprint density at radius 2 is 1.38 bits per heavy atom. The number of aliphatic carboxylic acids is 1. The molecule has 50 heavy (non-hydrogen) atoms. The van der Waals surface area contributed by atoms with Crippen LogP contribution >= 0.6 is 0 Å². The zero-order valence-corrected chi connectivity index (χ0v) is 29.4. The third-order valence-corrected chi connectivity index (χ3v) is 8.96. The lowest BCUT2D eigenvalue weighted by atomic mass is 10.0. The van der Waals surface area contributed by atoms with Gasteiger partial charge in [-0.25, -0.2) is 4.79 Å². The number of anilines is 1. The average molecular weight is 683 g/mol. The second-order valence-corrected chi connectivity index (χ2v) is 12.9. The van der Waals surface area contributed by atoms with E-state index in [1.165, 1.54) is 50.1 Å². The Labute approximate surface area is 295 Å². The molecular formula is C41H50N2O7. The molecule has 4 aromatic carbocycles. The number of unbranched alkanes of at least 4 members (excludes halogenated alkanes) is 4. The van der Waals surface area contributed by atoms with Gasteiger partial charge in [-0.05, 0) is 97.5 Å². The van der Waals surface area contributed by atoms with Crippen LogP contribution in [0.15, 0.2) is 84.9 Å². The number of hydrogen-bond acceptors (Lipinski definition) is 6. The lowest BCUT2D eigenvalue weighted by molar-refractivity contribution is -0.173. The highest BCUT2D eigenvalue weighted by Gasteiger charge is 2.38. The molecule has 0 aromatic heterocycles. The zero-order valence-electron chi connectivity index (χ0n) is 29.4. The van der Waals surface area contributed by atoms with Crippen LogP contribution in [0.4, 0.5) is 5.69 Å². The van der Waals surface area contributed by atoms with E-state index >= 15 is 0 Å². The van der Waals surface area contributed by atoms with E-state index in [0.717, 1.165) is 44.9 Å². The summed E-state index contributed by atoms with van der Waals surface area (Å²) in [6.07, 6.45) is 3.68. The van der Waals surface area contributed by atoms with E-state index < -0.39 is 36.6 Å². The molecule has 0 fully saturated rings. The summed E-state index contributed by atoms with van der Waals surface area (Å²) in [7, 11) is 1.63. The molecule has 0 aliphatic carbocycles. The van der Waals surface area contributed by atoms with Crippen molar-refractivity contribution in [2.45, 2.75) is 77.4 Å². The van der Waals surface area contributed by atoms with Crippen LogP contribution in [-0.2, 0) is 36.7 Å². The number of fused-ring (bicyclic) bond motifs is 1. The van der Waals surface area contributed by atoms with Crippen molar-refractivity contribution >= 4 is 34.2 Å². The predicted molar refractivity (Wildman–Crippen MR) is 196 cm³/mol. The highest BCUT2D eigenvalue weighted by atomic mass is 16.6. The molecule has 4 rings (SSSR count). The van der Waals surface area contributed by atoms with E-state index in [1.54, 1.807) is 19.2 Å². The third kappa shape index (κ3) is 11.7. The summed E-state index contributed by atoms with van der Waals surface area (Å²) < 4.78 is 11.5. The maximum absolute atomic E-state index is 13.7. The number of aromatic hydroxyl groups is 1. The molecule has 2 unspecified atom stereocenters. The molecule has 9 nitrogen and oxygen atoms in total. The number of phenols is 1. The van der Waals surface area contributed by atoms with Crippen molar-refractivity contribution in [1.29, 1.82) is 0 Å². The molecule has 0 aliphatic rings. The topological polar surface area (TPSA) is 125 Å². The maximum Gasteiger partial charge on any atom is 0.336 e. The lowest BCUT2D eigenvalue weighted by Crippen LogP contribution is -2.50. The lowest BCUT2D eigenvalue weighted by Gasteiger charge is -2.28. The van der Waals surface area contributed by atoms with Gasteiger partial charge in [0.25, 0.3) is 11.8 Å². The van der Waals surface area contributed by atoms with Gasteiger partial charge in [0, 0.05) is 20.2 Å². The van der Waals surface area contributed by atoms with E-state index in [4.69, 9.17) is 9.47 Å². The molecule has 2 amide bonds. The molecule has 0 radical (unpaired) electrons. The first-order chi connectivity index (χ1) is 24.1. The van der Waals surface area contributed by atoms with Crippen molar-refractivity contribution in [2.24, 2.45) is 0 Å². The Morgan fingerprint density at radius 1 is 0.720 bits per heavy atom. The van der Waals surface area contributed by atoms with E-state index in [2.05, 4.69) is 67.7 Å². The third-order valence-electron chi connectivity index (χ3n) is 8.96. The van der Waals surface area contributed by atoms with E-state index in [9.17, 15) is 24.6 Å². The van der Waals surface area contributed by atoms with Crippen LogP contribution in [0.3, 0.4) is 0 Å². The number of carbonyl (C=O) groups excluding carboxylic acids is 2. The van der Waals surface area contributed by atoms with Gasteiger partial charge in [0.15, 0.2) is 12.2 Å². The van der Waals surface area contributed by atoms with Crippen LogP contribution < -0.4 is 5.32 Å². The van der Waals surface area contributed by atoms with Crippen molar-refractivity contribution in [2.75, 3.05) is 32.1 Å². The number of hydrogen-bond donors (Lipinski definition) is 3. The normalized spacial score (nSPS) is 12.4. The smallest absolute Gasteiger partial charge is 0.336 e. The molecular weight excluding hydrogens is 632 g/mol. The Kier molecular flexibility index (Phi) is 14.8. The van der Waals surface area contributed by atoms with Gasteiger partial charge in [-0.15, -0.1) is 0 Å². The summed E-state index contributed by atoms with van der Waals surface area (Å²) in [6.45, 7) is 4.14. The second-order valence-electron chi connectivity index (χ2n) is 12.9. The molecule has 9 heteroatoms. The number of carboxylic acid groups (broad SMARTS) is 1. The largest absolute Gasteiger partial charge is 0.506 e. The minimum Gasteiger partial charge on any atom is -0.506 e. The number of ether oxygens (including phenoxy) is 2. The van der Waals surface area contributed by atoms with Crippen molar-refractivity contribution < 1.29 is 34.1 Å². The van der Waals surface area contributed by atoms with Gasteiger partial charge >= 0.3 is 5.97 Å². The van der Waals surface area contributed by atoms with Crippen LogP contribution in [0, 0.1) is 13.8 Å². The molecule has 0 spiro atoms. The first-order valence-corrected chi connectivity index (χ1v) is 17.4. The van der Waals surface area contributed by atoms with E-state index in [0.29, 0.717) is 13.0 Å². The summed E-state index contributed by atoms with van der Waals surface area (Å²) in [4.78, 5) is 40.2. The van der Waals surface area contributed by atoms with Crippen LogP contribution in [0.25, 0.3) is 10.8 Å². The monoisotopic (exact) mass is 682 g/mol. The van der Waals surface area contributed by atoms with Crippen LogP contribution in [0.1, 0.15) is 60.8 Å². The number of amides is 2. The number of carboxylic acids is 1. The van der Waals surface area contributed by atoms with Gasteiger partial charge in [-0.1, -0.05) is 85.6 Å². The minimum atomic E-state index is -1.71. The van der Waals surface area contributed by atoms with Crippen LogP contribution in [0.2, 0.25) is 0 Å². The summed E-state index contributed by atoms with van der Waals surface area (Å²) in [5, 5.41) is 25.0. The number of phenolic OH excluding ortho intramolecular Hbond substituents is 1. The quantitative estimate of drug-likeness (QED) is 0.0663. The number of benzene rings is 4. The number of carbonyl (C=O) groups is 3. The van der Waals surface area contributed by atoms with Crippen molar-refractivity contribution in [3.05, 3.63) is 107 Å². The van der Waals surface area contributed by atoms with Gasteiger partial charge < -0.3 is 29.9 Å². The Morgan fingerprint density at radius 3 is 2.10 bits per heavy atom. The van der Waals surface area contributed by atoms with Gasteiger partial charge in [0.05, 0.1) is 5.69 Å². The molecule has 0 aliphatic heterocycles. The number of aryl methyl sites for hydroxylation is 4. The van der Waals surface area contributed by atoms with Crippen molar-refractivity contribution in [3.8, 4) is 5.75 Å². The standard InChI is InChI=1S/C41H50N2O7/c1-29-20-21-31(26-30(29)2)14-7-5-13-25-49-38(39(41(47)48)50-28-37(45)42-35-18-10-11-19-36(35)44)40(46)43(3)24-12-4-6-15-32-22-23-33-16-8-9-17-34(33)27-32/h8-11,16-23,26-27,38-39,44H,4-7,12-15,24-25,28H2,1-3H3,(H,42,45)(H,47,48). The minimum absolute atomic E-state index is 0.136. The highest BCUT2D eigenvalue weighted by Crippen LogP contribution is 2.22. The van der Waals surface area contributed by atoms with Crippen molar-refractivity contribution in [3.63, 3.8) is 0 Å². The SMILES string of the molecule is Cc1ccc(CCCCCOC(C(=O)N(C)CCCCCc2ccc3ccccc3c2)C(OCC(=O)Nc2ccccc2O)C(=O)O)cc1C. The molecule has 0 heterocycles. The number of likely N-dealkylation sites (N-methyl/N-ethyl adjacent to an activating group) is 1. The summed E-state index contributed by atoms with van der Waals surface area (Å²) in [5.74, 6) is -2.72. The molecule has 3 N–H and O–H groups in total. The zero-order chi connectivity index (χ0) is 35.9. The molecule has 0 saturated heterocycles. The average Bonchev–Trinajstić information content (AvgIpc) is 3.10. The summed E-state index contributed by atoms with van der Waals surface area (Å²) >= 11 is 0. The molecule has 266 valence electrons. The fraction of sp³-hybridized carbons (Fsp3) is 0.390. The summed E-state index contributed by atoms with van der Waals surface area (Å²) in [5.41, 5.74) is 5.22. The molecule has 0 bridgehead atoms. The fourth-order valence-electron chi connectivity index (χ4n) is 5.86. The number of nitrogens with zero attached hydrogens (tertiary/aromatic N) is 1. The first kappa shape index (κ1) is 38.1. The van der Waals surface area contributed by atoms with Gasteiger partial charge in [-0.2, -0.15) is 0 Å². The highest BCUT2D eigenvalue weighted by molar-refractivity contribution is 5.93. The predicted octanol–water partition coefficient (Wildman–Crippen LogP) is 7.24. The summed E-state index contributed by atoms with van der Waals surface area (Å²) in [6, 6.07) is 27.4. The molecule has 4 aromatic rings. The Bertz CT molecular complexity index is 1720. The van der Waals surface area contributed by atoms with Crippen LogP contribution in [-0.4, -0.2) is 71.9 Å². The number of nitrogens with one attached hydrogen (secondary N) is 1.